The van der Waals surface area contributed by atoms with Crippen LogP contribution < -0.4 is 31.1 Å². The lowest BCUT2D eigenvalue weighted by molar-refractivity contribution is 0.102. The summed E-state index contributed by atoms with van der Waals surface area (Å²) in [7, 11) is 1.74. The van der Waals surface area contributed by atoms with Crippen molar-refractivity contribution in [3.8, 4) is 5.88 Å². The monoisotopic (exact) mass is 547 g/mol. The number of anilines is 5. The van der Waals surface area contributed by atoms with E-state index in [9.17, 15) is 9.59 Å². The van der Waals surface area contributed by atoms with E-state index in [2.05, 4.69) is 35.7 Å². The second kappa shape index (κ2) is 12.4. The van der Waals surface area contributed by atoms with Gasteiger partial charge in [0.2, 0.25) is 5.88 Å². The summed E-state index contributed by atoms with van der Waals surface area (Å²) >= 11 is 0. The summed E-state index contributed by atoms with van der Waals surface area (Å²) < 4.78 is 11.0. The summed E-state index contributed by atoms with van der Waals surface area (Å²) in [5.74, 6) is 0.0405. The first-order valence-electron chi connectivity index (χ1n) is 13.7. The number of amides is 1. The molecule has 2 aliphatic rings. The number of aromatic nitrogens is 2. The highest BCUT2D eigenvalue weighted by molar-refractivity contribution is 6.08. The molecule has 1 saturated heterocycles. The van der Waals surface area contributed by atoms with Gasteiger partial charge in [0, 0.05) is 69.6 Å². The van der Waals surface area contributed by atoms with E-state index < -0.39 is 11.5 Å². The van der Waals surface area contributed by atoms with Gasteiger partial charge in [-0.15, -0.1) is 0 Å². The largest absolute Gasteiger partial charge is 0.471 e. The number of H-pyrrole nitrogens is 1. The van der Waals surface area contributed by atoms with Crippen LogP contribution in [0.2, 0.25) is 0 Å². The van der Waals surface area contributed by atoms with Crippen LogP contribution in [0.1, 0.15) is 29.3 Å². The molecule has 0 bridgehead atoms. The lowest BCUT2D eigenvalue weighted by Gasteiger charge is -2.36. The molecule has 1 aromatic carbocycles. The first-order valence-corrected chi connectivity index (χ1v) is 13.7. The summed E-state index contributed by atoms with van der Waals surface area (Å²) in [6, 6.07) is 9.41. The first-order chi connectivity index (χ1) is 19.4. The predicted molar refractivity (Wildman–Crippen MR) is 157 cm³/mol. The minimum absolute atomic E-state index is 0.00822. The van der Waals surface area contributed by atoms with E-state index >= 15 is 0 Å². The molecule has 0 spiro atoms. The Morgan fingerprint density at radius 1 is 1.15 bits per heavy atom. The fourth-order valence-corrected chi connectivity index (χ4v) is 5.05. The van der Waals surface area contributed by atoms with Crippen molar-refractivity contribution in [2.24, 2.45) is 0 Å². The molecule has 0 radical (unpaired) electrons. The number of carbonyl (C=O) groups is 1. The van der Waals surface area contributed by atoms with Crippen LogP contribution in [0.25, 0.3) is 0 Å². The Morgan fingerprint density at radius 3 is 2.67 bits per heavy atom. The lowest BCUT2D eigenvalue weighted by atomic mass is 10.1. The number of carbonyl (C=O) groups excluding carboxylic acids is 1. The molecule has 0 aliphatic carbocycles. The highest BCUT2D eigenvalue weighted by atomic mass is 16.5. The highest BCUT2D eigenvalue weighted by Crippen LogP contribution is 2.35. The van der Waals surface area contributed by atoms with Crippen LogP contribution in [0, 0.1) is 6.92 Å². The maximum Gasteiger partial charge on any atom is 0.263 e. The van der Waals surface area contributed by atoms with Gasteiger partial charge in [0.05, 0.1) is 24.1 Å². The van der Waals surface area contributed by atoms with Gasteiger partial charge in [-0.3, -0.25) is 14.5 Å². The molecule has 1 amide bonds. The molecule has 2 aliphatic heterocycles. The van der Waals surface area contributed by atoms with Gasteiger partial charge in [0.1, 0.15) is 17.4 Å². The summed E-state index contributed by atoms with van der Waals surface area (Å²) in [4.78, 5) is 37.9. The number of nitrogens with one attached hydrogen (secondary N) is 4. The number of hydrogen-bond donors (Lipinski definition) is 4. The number of pyridine rings is 2. The number of rotatable bonds is 9. The van der Waals surface area contributed by atoms with E-state index in [1.54, 1.807) is 19.4 Å². The SMILES string of the molecule is COCCCN1CCN(c2ccc(NC(=O)c3c(Nc4cnc5c(c4C)NCC(C)O5)cc[nH]c3=O)cc2)CC1. The Kier molecular flexibility index (Phi) is 8.51. The molecule has 40 heavy (non-hydrogen) atoms. The molecule has 1 atom stereocenters. The van der Waals surface area contributed by atoms with Crippen LogP contribution in [0.4, 0.5) is 28.4 Å². The molecule has 212 valence electrons. The Bertz CT molecular complexity index is 1380. The number of aromatic amines is 1. The summed E-state index contributed by atoms with van der Waals surface area (Å²) in [6.07, 6.45) is 4.23. The van der Waals surface area contributed by atoms with E-state index in [4.69, 9.17) is 9.47 Å². The Labute approximate surface area is 233 Å². The van der Waals surface area contributed by atoms with E-state index in [1.165, 1.54) is 6.20 Å². The van der Waals surface area contributed by atoms with Gasteiger partial charge in [-0.05, 0) is 50.6 Å². The number of nitrogens with zero attached hydrogens (tertiary/aromatic N) is 3. The third-order valence-corrected chi connectivity index (χ3v) is 7.33. The van der Waals surface area contributed by atoms with Gasteiger partial charge in [0.15, 0.2) is 0 Å². The molecule has 5 rings (SSSR count). The van der Waals surface area contributed by atoms with Crippen molar-refractivity contribution in [1.29, 1.82) is 0 Å². The van der Waals surface area contributed by atoms with Crippen molar-refractivity contribution < 1.29 is 14.3 Å². The van der Waals surface area contributed by atoms with Gasteiger partial charge in [-0.1, -0.05) is 0 Å². The summed E-state index contributed by atoms with van der Waals surface area (Å²) in [6.45, 7) is 10.3. The zero-order chi connectivity index (χ0) is 28.1. The lowest BCUT2D eigenvalue weighted by Crippen LogP contribution is -2.46. The molecular weight excluding hydrogens is 510 g/mol. The first kappa shape index (κ1) is 27.5. The molecule has 2 aromatic heterocycles. The third kappa shape index (κ3) is 6.21. The number of methoxy groups -OCH3 is 1. The second-order valence-electron chi connectivity index (χ2n) is 10.2. The van der Waals surface area contributed by atoms with Crippen molar-refractivity contribution in [3.63, 3.8) is 0 Å². The van der Waals surface area contributed by atoms with Gasteiger partial charge in [0.25, 0.3) is 11.5 Å². The maximum absolute atomic E-state index is 13.3. The predicted octanol–water partition coefficient (Wildman–Crippen LogP) is 3.43. The quantitative estimate of drug-likeness (QED) is 0.298. The second-order valence-corrected chi connectivity index (χ2v) is 10.2. The molecule has 1 fully saturated rings. The average molecular weight is 548 g/mol. The maximum atomic E-state index is 13.3. The van der Waals surface area contributed by atoms with Crippen LogP contribution in [0.15, 0.2) is 47.5 Å². The fraction of sp³-hybridized carbons (Fsp3) is 0.414. The Balaban J connectivity index is 1.25. The number of piperazine rings is 1. The zero-order valence-corrected chi connectivity index (χ0v) is 23.3. The molecule has 0 saturated carbocycles. The van der Waals surface area contributed by atoms with E-state index in [1.807, 2.05) is 38.1 Å². The molecule has 1 unspecified atom stereocenters. The standard InChI is InChI=1S/C29H37N7O4/c1-19-17-31-26-20(2)24(18-32-29(26)40-19)34-23-9-10-30-27(37)25(23)28(38)33-21-5-7-22(8-6-21)36-14-12-35(13-15-36)11-4-16-39-3/h5-10,18-19,31H,4,11-17H2,1-3H3,(H,33,38)(H2,30,34,37). The van der Waals surface area contributed by atoms with Gasteiger partial charge in [-0.25, -0.2) is 4.98 Å². The van der Waals surface area contributed by atoms with Crippen LogP contribution in [0.3, 0.4) is 0 Å². The summed E-state index contributed by atoms with van der Waals surface area (Å²) in [5, 5.41) is 9.44. The van der Waals surface area contributed by atoms with Crippen molar-refractivity contribution in [2.45, 2.75) is 26.4 Å². The van der Waals surface area contributed by atoms with E-state index in [0.717, 1.165) is 62.7 Å². The number of ether oxygens (including phenoxy) is 2. The van der Waals surface area contributed by atoms with Crippen molar-refractivity contribution >= 4 is 34.3 Å². The van der Waals surface area contributed by atoms with Gasteiger partial charge in [-0.2, -0.15) is 0 Å². The van der Waals surface area contributed by atoms with Crippen LogP contribution in [0.5, 0.6) is 5.88 Å². The molecule has 3 aromatic rings. The number of benzene rings is 1. The fourth-order valence-electron chi connectivity index (χ4n) is 5.05. The van der Waals surface area contributed by atoms with Crippen molar-refractivity contribution in [2.75, 3.05) is 73.8 Å². The van der Waals surface area contributed by atoms with Crippen molar-refractivity contribution in [3.05, 3.63) is 64.2 Å². The molecule has 4 heterocycles. The van der Waals surface area contributed by atoms with E-state index in [-0.39, 0.29) is 11.7 Å². The Morgan fingerprint density at radius 2 is 1.93 bits per heavy atom. The third-order valence-electron chi connectivity index (χ3n) is 7.33. The van der Waals surface area contributed by atoms with Crippen LogP contribution >= 0.6 is 0 Å². The average Bonchev–Trinajstić information content (AvgIpc) is 2.95. The zero-order valence-electron chi connectivity index (χ0n) is 23.3. The minimum Gasteiger partial charge on any atom is -0.471 e. The van der Waals surface area contributed by atoms with Crippen LogP contribution in [-0.2, 0) is 4.74 Å². The van der Waals surface area contributed by atoms with Gasteiger partial charge < -0.3 is 35.3 Å². The van der Waals surface area contributed by atoms with Crippen LogP contribution in [-0.4, -0.2) is 79.9 Å². The Hall–Kier alpha value is -4.09. The highest BCUT2D eigenvalue weighted by Gasteiger charge is 2.23. The van der Waals surface area contributed by atoms with Crippen molar-refractivity contribution in [1.82, 2.24) is 14.9 Å². The number of hydrogen-bond acceptors (Lipinski definition) is 9. The minimum atomic E-state index is -0.499. The number of fused-ring (bicyclic) bond motifs is 1. The van der Waals surface area contributed by atoms with Gasteiger partial charge >= 0.3 is 0 Å². The van der Waals surface area contributed by atoms with E-state index in [0.29, 0.717) is 29.5 Å². The summed E-state index contributed by atoms with van der Waals surface area (Å²) in [5.41, 5.74) is 3.97. The smallest absolute Gasteiger partial charge is 0.263 e. The molecular formula is C29H37N7O4. The normalized spacial score (nSPS) is 17.0. The molecule has 11 nitrogen and oxygen atoms in total. The molecule has 11 heteroatoms. The topological polar surface area (TPSA) is 124 Å². The molecule has 4 N–H and O–H groups in total.